The molecule has 3 amide bonds. The standard InChI is InChI=1S/C26H23N3O4S/c30-23-17-34-26(32)29(23)25(19-9-3-1-4-10-19)33-16-15-27-18-28(20-11-5-2-6-12-20)22-14-8-7-13-21(22)24(27)31/h1-14,25H,15-18H2. The SMILES string of the molecule is O=C1c2ccccc2N(c2ccccc2)CN1CCOC(c1ccccc1)N1C(=O)CSC1=O. The van der Waals surface area contributed by atoms with Crippen LogP contribution in [0.15, 0.2) is 84.9 Å². The van der Waals surface area contributed by atoms with Crippen LogP contribution in [0, 0.1) is 0 Å². The van der Waals surface area contributed by atoms with Gasteiger partial charge in [-0.05, 0) is 24.3 Å². The zero-order valence-corrected chi connectivity index (χ0v) is 19.2. The van der Waals surface area contributed by atoms with Crippen LogP contribution < -0.4 is 4.90 Å². The maximum Gasteiger partial charge on any atom is 0.291 e. The molecule has 0 spiro atoms. The number of ether oxygens (including phenoxy) is 1. The van der Waals surface area contributed by atoms with Gasteiger partial charge in [-0.25, -0.2) is 4.90 Å². The second-order valence-electron chi connectivity index (χ2n) is 7.94. The number of hydrogen-bond donors (Lipinski definition) is 0. The van der Waals surface area contributed by atoms with Gasteiger partial charge in [-0.2, -0.15) is 0 Å². The number of thioether (sulfide) groups is 1. The maximum absolute atomic E-state index is 13.2. The molecule has 1 atom stereocenters. The highest BCUT2D eigenvalue weighted by molar-refractivity contribution is 8.14. The third-order valence-corrected chi connectivity index (χ3v) is 6.67. The molecule has 7 nitrogen and oxygen atoms in total. The largest absolute Gasteiger partial charge is 0.352 e. The average Bonchev–Trinajstić information content (AvgIpc) is 3.22. The Kier molecular flexibility index (Phi) is 6.33. The second-order valence-corrected chi connectivity index (χ2v) is 8.87. The maximum atomic E-state index is 13.2. The van der Waals surface area contributed by atoms with E-state index in [0.29, 0.717) is 24.3 Å². The van der Waals surface area contributed by atoms with Crippen molar-refractivity contribution in [2.45, 2.75) is 6.23 Å². The lowest BCUT2D eigenvalue weighted by atomic mass is 10.1. The fraction of sp³-hybridized carbons (Fsp3) is 0.192. The van der Waals surface area contributed by atoms with Gasteiger partial charge < -0.3 is 14.5 Å². The second kappa shape index (κ2) is 9.70. The van der Waals surface area contributed by atoms with Crippen LogP contribution in [0.2, 0.25) is 0 Å². The fourth-order valence-corrected chi connectivity index (χ4v) is 4.90. The van der Waals surface area contributed by atoms with Gasteiger partial charge in [-0.15, -0.1) is 0 Å². The van der Waals surface area contributed by atoms with Crippen molar-refractivity contribution in [2.75, 3.05) is 30.5 Å². The molecule has 2 aliphatic heterocycles. The Balaban J connectivity index is 1.35. The van der Waals surface area contributed by atoms with Crippen molar-refractivity contribution >= 4 is 40.2 Å². The summed E-state index contributed by atoms with van der Waals surface area (Å²) in [6, 6.07) is 26.7. The minimum atomic E-state index is -0.825. The van der Waals surface area contributed by atoms with E-state index in [2.05, 4.69) is 4.90 Å². The molecule has 5 rings (SSSR count). The molecule has 2 aliphatic rings. The Labute approximate surface area is 201 Å². The van der Waals surface area contributed by atoms with Crippen LogP contribution in [0.1, 0.15) is 22.1 Å². The minimum Gasteiger partial charge on any atom is -0.352 e. The molecule has 1 saturated heterocycles. The van der Waals surface area contributed by atoms with Gasteiger partial charge in [0.1, 0.15) is 0 Å². The summed E-state index contributed by atoms with van der Waals surface area (Å²) in [7, 11) is 0. The van der Waals surface area contributed by atoms with Gasteiger partial charge in [-0.1, -0.05) is 72.4 Å². The van der Waals surface area contributed by atoms with Crippen molar-refractivity contribution < 1.29 is 19.1 Å². The monoisotopic (exact) mass is 473 g/mol. The molecule has 8 heteroatoms. The Morgan fingerprint density at radius 1 is 0.853 bits per heavy atom. The smallest absolute Gasteiger partial charge is 0.291 e. The summed E-state index contributed by atoms with van der Waals surface area (Å²) in [5.41, 5.74) is 3.19. The molecule has 3 aromatic carbocycles. The van der Waals surface area contributed by atoms with Crippen molar-refractivity contribution in [2.24, 2.45) is 0 Å². The van der Waals surface area contributed by atoms with Gasteiger partial charge in [0.15, 0.2) is 6.23 Å². The molecule has 0 bridgehead atoms. The predicted octanol–water partition coefficient (Wildman–Crippen LogP) is 4.65. The number of para-hydroxylation sites is 2. The van der Waals surface area contributed by atoms with Crippen LogP contribution in [0.3, 0.4) is 0 Å². The molecule has 2 heterocycles. The zero-order chi connectivity index (χ0) is 23.5. The normalized spacial score (nSPS) is 16.7. The molecule has 1 unspecified atom stereocenters. The lowest BCUT2D eigenvalue weighted by Gasteiger charge is -2.38. The van der Waals surface area contributed by atoms with Gasteiger partial charge >= 0.3 is 0 Å². The molecule has 0 aromatic heterocycles. The van der Waals surface area contributed by atoms with Gasteiger partial charge in [0.2, 0.25) is 5.91 Å². The molecule has 3 aromatic rings. The molecule has 0 radical (unpaired) electrons. The number of rotatable bonds is 7. The van der Waals surface area contributed by atoms with Crippen LogP contribution in [-0.2, 0) is 9.53 Å². The number of amides is 3. The van der Waals surface area contributed by atoms with Gasteiger partial charge in [0.25, 0.3) is 11.1 Å². The van der Waals surface area contributed by atoms with E-state index < -0.39 is 6.23 Å². The Bertz CT molecular complexity index is 1190. The van der Waals surface area contributed by atoms with E-state index in [4.69, 9.17) is 4.74 Å². The number of imide groups is 1. The lowest BCUT2D eigenvalue weighted by Crippen LogP contribution is -2.46. The molecule has 0 N–H and O–H groups in total. The third kappa shape index (κ3) is 4.30. The van der Waals surface area contributed by atoms with Crippen LogP contribution in [0.4, 0.5) is 16.2 Å². The Morgan fingerprint density at radius 2 is 1.53 bits per heavy atom. The summed E-state index contributed by atoms with van der Waals surface area (Å²) in [6.45, 7) is 0.845. The summed E-state index contributed by atoms with van der Waals surface area (Å²) in [5.74, 6) is -0.243. The van der Waals surface area contributed by atoms with Crippen molar-refractivity contribution in [3.63, 3.8) is 0 Å². The number of nitrogens with zero attached hydrogens (tertiary/aromatic N) is 3. The summed E-state index contributed by atoms with van der Waals surface area (Å²) in [4.78, 5) is 43.0. The highest BCUT2D eigenvalue weighted by Crippen LogP contribution is 2.34. The number of fused-ring (bicyclic) bond motifs is 1. The summed E-state index contributed by atoms with van der Waals surface area (Å²) >= 11 is 0.975. The summed E-state index contributed by atoms with van der Waals surface area (Å²) < 4.78 is 6.09. The number of carbonyl (C=O) groups is 3. The first-order valence-corrected chi connectivity index (χ1v) is 12.0. The third-order valence-electron chi connectivity index (χ3n) is 5.83. The number of hydrogen-bond acceptors (Lipinski definition) is 6. The molecule has 1 fully saturated rings. The Hall–Kier alpha value is -3.62. The van der Waals surface area contributed by atoms with E-state index >= 15 is 0 Å². The van der Waals surface area contributed by atoms with Crippen molar-refractivity contribution in [1.82, 2.24) is 9.80 Å². The Morgan fingerprint density at radius 3 is 2.24 bits per heavy atom. The molecular weight excluding hydrogens is 450 g/mol. The molecular formula is C26H23N3O4S. The van der Waals surface area contributed by atoms with Crippen LogP contribution in [0.5, 0.6) is 0 Å². The first kappa shape index (κ1) is 22.2. The number of anilines is 2. The zero-order valence-electron chi connectivity index (χ0n) is 18.4. The molecule has 0 aliphatic carbocycles. The van der Waals surface area contributed by atoms with E-state index in [0.717, 1.165) is 23.1 Å². The predicted molar refractivity (Wildman–Crippen MR) is 131 cm³/mol. The average molecular weight is 474 g/mol. The van der Waals surface area contributed by atoms with Crippen molar-refractivity contribution in [3.05, 3.63) is 96.1 Å². The summed E-state index contributed by atoms with van der Waals surface area (Å²) in [6.07, 6.45) is -0.825. The minimum absolute atomic E-state index is 0.0773. The van der Waals surface area contributed by atoms with Crippen LogP contribution in [-0.4, -0.2) is 52.4 Å². The van der Waals surface area contributed by atoms with E-state index in [-0.39, 0.29) is 29.4 Å². The van der Waals surface area contributed by atoms with Crippen molar-refractivity contribution in [1.29, 1.82) is 0 Å². The highest BCUT2D eigenvalue weighted by Gasteiger charge is 2.38. The topological polar surface area (TPSA) is 70.2 Å². The van der Waals surface area contributed by atoms with Gasteiger partial charge in [-0.3, -0.25) is 14.4 Å². The summed E-state index contributed by atoms with van der Waals surface area (Å²) in [5, 5.41) is -0.322. The van der Waals surface area contributed by atoms with E-state index in [1.54, 1.807) is 4.90 Å². The van der Waals surface area contributed by atoms with E-state index in [1.807, 2.05) is 84.9 Å². The molecule has 0 saturated carbocycles. The van der Waals surface area contributed by atoms with Crippen LogP contribution >= 0.6 is 11.8 Å². The lowest BCUT2D eigenvalue weighted by molar-refractivity contribution is -0.136. The van der Waals surface area contributed by atoms with Crippen molar-refractivity contribution in [3.8, 4) is 0 Å². The van der Waals surface area contributed by atoms with Gasteiger partial charge in [0, 0.05) is 17.8 Å². The van der Waals surface area contributed by atoms with Gasteiger partial charge in [0.05, 0.1) is 30.3 Å². The quantitative estimate of drug-likeness (QED) is 0.498. The molecule has 34 heavy (non-hydrogen) atoms. The molecule has 172 valence electrons. The number of benzene rings is 3. The first-order valence-electron chi connectivity index (χ1n) is 11.0. The highest BCUT2D eigenvalue weighted by atomic mass is 32.2. The first-order chi connectivity index (χ1) is 16.6. The van der Waals surface area contributed by atoms with E-state index in [9.17, 15) is 14.4 Å². The fourth-order valence-electron chi connectivity index (χ4n) is 4.18. The van der Waals surface area contributed by atoms with Crippen LogP contribution in [0.25, 0.3) is 0 Å². The number of carbonyl (C=O) groups excluding carboxylic acids is 3. The van der Waals surface area contributed by atoms with E-state index in [1.165, 1.54) is 4.90 Å².